The van der Waals surface area contributed by atoms with E-state index in [-0.39, 0.29) is 22.2 Å². The van der Waals surface area contributed by atoms with Gasteiger partial charge in [-0.1, -0.05) is 11.6 Å². The lowest BCUT2D eigenvalue weighted by Gasteiger charge is -2.13. The first-order valence-corrected chi connectivity index (χ1v) is 7.00. The summed E-state index contributed by atoms with van der Waals surface area (Å²) in [6.07, 6.45) is 1.38. The molecule has 21 heavy (non-hydrogen) atoms. The summed E-state index contributed by atoms with van der Waals surface area (Å²) in [5.74, 6) is -0.798. The summed E-state index contributed by atoms with van der Waals surface area (Å²) in [4.78, 5) is 23.0. The standard InChI is InChI=1S/C14H17ClN2O4/c1-21-12-6-11(10(15)5-9(12)14(19)20)17-13(18)4-8-2-3-16-7-8/h5-6,8,16H,2-4,7H2,1H3,(H,17,18)(H,19,20). The first kappa shape index (κ1) is 15.6. The number of amides is 1. The fourth-order valence-corrected chi connectivity index (χ4v) is 2.55. The average Bonchev–Trinajstić information content (AvgIpc) is 2.93. The Morgan fingerprint density at radius 2 is 2.29 bits per heavy atom. The van der Waals surface area contributed by atoms with Crippen molar-refractivity contribution >= 4 is 29.2 Å². The molecule has 0 saturated carbocycles. The van der Waals surface area contributed by atoms with Gasteiger partial charge in [-0.25, -0.2) is 4.79 Å². The molecule has 0 bridgehead atoms. The lowest BCUT2D eigenvalue weighted by Crippen LogP contribution is -2.18. The Morgan fingerprint density at radius 1 is 1.52 bits per heavy atom. The molecule has 1 aromatic carbocycles. The van der Waals surface area contributed by atoms with E-state index in [1.54, 1.807) is 0 Å². The summed E-state index contributed by atoms with van der Waals surface area (Å²) in [5.41, 5.74) is 0.315. The van der Waals surface area contributed by atoms with Crippen molar-refractivity contribution in [1.29, 1.82) is 0 Å². The van der Waals surface area contributed by atoms with Crippen molar-refractivity contribution in [2.75, 3.05) is 25.5 Å². The largest absolute Gasteiger partial charge is 0.496 e. The fourth-order valence-electron chi connectivity index (χ4n) is 2.34. The molecule has 0 radical (unpaired) electrons. The first-order valence-electron chi connectivity index (χ1n) is 6.62. The highest BCUT2D eigenvalue weighted by Gasteiger charge is 2.20. The van der Waals surface area contributed by atoms with Gasteiger partial charge in [-0.2, -0.15) is 0 Å². The quantitative estimate of drug-likeness (QED) is 0.774. The van der Waals surface area contributed by atoms with Gasteiger partial charge >= 0.3 is 5.97 Å². The third kappa shape index (κ3) is 3.86. The van der Waals surface area contributed by atoms with E-state index in [9.17, 15) is 9.59 Å². The minimum atomic E-state index is -1.14. The number of aromatic carboxylic acids is 1. The summed E-state index contributed by atoms with van der Waals surface area (Å²) < 4.78 is 5.02. The van der Waals surface area contributed by atoms with Gasteiger partial charge in [-0.05, 0) is 31.5 Å². The molecule has 3 N–H and O–H groups in total. The molecule has 6 nitrogen and oxygen atoms in total. The van der Waals surface area contributed by atoms with Crippen molar-refractivity contribution in [2.45, 2.75) is 12.8 Å². The van der Waals surface area contributed by atoms with E-state index in [2.05, 4.69) is 10.6 Å². The van der Waals surface area contributed by atoms with Crippen molar-refractivity contribution in [3.8, 4) is 5.75 Å². The number of halogens is 1. The van der Waals surface area contributed by atoms with Crippen LogP contribution in [-0.4, -0.2) is 37.2 Å². The molecule has 1 fully saturated rings. The lowest BCUT2D eigenvalue weighted by atomic mass is 10.0. The highest BCUT2D eigenvalue weighted by Crippen LogP contribution is 2.31. The Morgan fingerprint density at radius 3 is 2.86 bits per heavy atom. The fraction of sp³-hybridized carbons (Fsp3) is 0.429. The van der Waals surface area contributed by atoms with Crippen molar-refractivity contribution in [1.82, 2.24) is 5.32 Å². The number of rotatable bonds is 5. The SMILES string of the molecule is COc1cc(NC(=O)CC2CCNC2)c(Cl)cc1C(=O)O. The van der Waals surface area contributed by atoms with Gasteiger partial charge in [0.2, 0.25) is 5.91 Å². The third-order valence-corrected chi connectivity index (χ3v) is 3.74. The number of hydrogen-bond acceptors (Lipinski definition) is 4. The molecule has 1 heterocycles. The number of carboxylic acids is 1. The van der Waals surface area contributed by atoms with E-state index >= 15 is 0 Å². The Balaban J connectivity index is 2.12. The number of carbonyl (C=O) groups is 2. The van der Waals surface area contributed by atoms with Gasteiger partial charge in [-0.3, -0.25) is 4.79 Å². The van der Waals surface area contributed by atoms with Crippen LogP contribution in [0.25, 0.3) is 0 Å². The van der Waals surface area contributed by atoms with Crippen LogP contribution < -0.4 is 15.4 Å². The van der Waals surface area contributed by atoms with Gasteiger partial charge in [0.1, 0.15) is 11.3 Å². The predicted molar refractivity (Wildman–Crippen MR) is 79.2 cm³/mol. The molecule has 0 aromatic heterocycles. The monoisotopic (exact) mass is 312 g/mol. The highest BCUT2D eigenvalue weighted by molar-refractivity contribution is 6.34. The number of carbonyl (C=O) groups excluding carboxylic acids is 1. The molecule has 2 rings (SSSR count). The summed E-state index contributed by atoms with van der Waals surface area (Å²) in [6, 6.07) is 2.70. The molecule has 1 atom stereocenters. The number of anilines is 1. The van der Waals surface area contributed by atoms with Crippen LogP contribution in [0.1, 0.15) is 23.2 Å². The van der Waals surface area contributed by atoms with E-state index < -0.39 is 5.97 Å². The van der Waals surface area contributed by atoms with E-state index in [0.29, 0.717) is 18.0 Å². The smallest absolute Gasteiger partial charge is 0.339 e. The Labute approximate surface area is 127 Å². The van der Waals surface area contributed by atoms with Crippen LogP contribution in [0.3, 0.4) is 0 Å². The molecule has 1 aliphatic heterocycles. The summed E-state index contributed by atoms with van der Waals surface area (Å²) in [6.45, 7) is 1.77. The van der Waals surface area contributed by atoms with Crippen LogP contribution in [-0.2, 0) is 4.79 Å². The molecule has 7 heteroatoms. The highest BCUT2D eigenvalue weighted by atomic mass is 35.5. The van der Waals surface area contributed by atoms with Crippen LogP contribution in [0.5, 0.6) is 5.75 Å². The van der Waals surface area contributed by atoms with E-state index in [0.717, 1.165) is 19.5 Å². The zero-order valence-electron chi connectivity index (χ0n) is 11.6. The second-order valence-corrected chi connectivity index (χ2v) is 5.36. The van der Waals surface area contributed by atoms with Crippen molar-refractivity contribution in [3.05, 3.63) is 22.7 Å². The number of carboxylic acid groups (broad SMARTS) is 1. The number of methoxy groups -OCH3 is 1. The molecule has 1 aliphatic rings. The maximum atomic E-state index is 12.0. The topological polar surface area (TPSA) is 87.7 Å². The maximum Gasteiger partial charge on any atom is 0.339 e. The second-order valence-electron chi connectivity index (χ2n) is 4.95. The van der Waals surface area contributed by atoms with Crippen molar-refractivity contribution in [2.24, 2.45) is 5.92 Å². The maximum absolute atomic E-state index is 12.0. The molecule has 1 saturated heterocycles. The Hall–Kier alpha value is -1.79. The molecule has 1 unspecified atom stereocenters. The van der Waals surface area contributed by atoms with Gasteiger partial charge < -0.3 is 20.5 Å². The van der Waals surface area contributed by atoms with Crippen LogP contribution >= 0.6 is 11.6 Å². The molecule has 1 amide bonds. The van der Waals surface area contributed by atoms with Gasteiger partial charge in [0.05, 0.1) is 17.8 Å². The molecule has 0 spiro atoms. The number of nitrogens with one attached hydrogen (secondary N) is 2. The lowest BCUT2D eigenvalue weighted by molar-refractivity contribution is -0.116. The zero-order valence-corrected chi connectivity index (χ0v) is 12.4. The average molecular weight is 313 g/mol. The summed E-state index contributed by atoms with van der Waals surface area (Å²) in [5, 5.41) is 15.1. The molecule has 0 aliphatic carbocycles. The first-order chi connectivity index (χ1) is 10.0. The zero-order chi connectivity index (χ0) is 15.4. The Bertz CT molecular complexity index is 556. The third-order valence-electron chi connectivity index (χ3n) is 3.43. The summed E-state index contributed by atoms with van der Waals surface area (Å²) >= 11 is 6.02. The predicted octanol–water partition coefficient (Wildman–Crippen LogP) is 1.98. The summed E-state index contributed by atoms with van der Waals surface area (Å²) in [7, 11) is 1.37. The molecular formula is C14H17ClN2O4. The van der Waals surface area contributed by atoms with Crippen molar-refractivity contribution in [3.63, 3.8) is 0 Å². The molecular weight excluding hydrogens is 296 g/mol. The van der Waals surface area contributed by atoms with Crippen molar-refractivity contribution < 1.29 is 19.4 Å². The van der Waals surface area contributed by atoms with Gasteiger partial charge in [0.25, 0.3) is 0 Å². The number of benzene rings is 1. The Kier molecular flexibility index (Phi) is 5.03. The van der Waals surface area contributed by atoms with Gasteiger partial charge in [0, 0.05) is 12.5 Å². The molecule has 114 valence electrons. The van der Waals surface area contributed by atoms with Crippen LogP contribution in [0.15, 0.2) is 12.1 Å². The van der Waals surface area contributed by atoms with E-state index in [1.807, 2.05) is 0 Å². The van der Waals surface area contributed by atoms with Crippen LogP contribution in [0, 0.1) is 5.92 Å². The second kappa shape index (κ2) is 6.78. The molecule has 1 aromatic rings. The van der Waals surface area contributed by atoms with Crippen LogP contribution in [0.2, 0.25) is 5.02 Å². The van der Waals surface area contributed by atoms with Crippen LogP contribution in [0.4, 0.5) is 5.69 Å². The van der Waals surface area contributed by atoms with E-state index in [1.165, 1.54) is 19.2 Å². The number of hydrogen-bond donors (Lipinski definition) is 3. The normalized spacial score (nSPS) is 17.5. The minimum absolute atomic E-state index is 0.0412. The minimum Gasteiger partial charge on any atom is -0.496 e. The van der Waals surface area contributed by atoms with Gasteiger partial charge in [-0.15, -0.1) is 0 Å². The van der Waals surface area contributed by atoms with Gasteiger partial charge in [0.15, 0.2) is 0 Å². The number of ether oxygens (including phenoxy) is 1. The van der Waals surface area contributed by atoms with E-state index in [4.69, 9.17) is 21.4 Å².